The molecule has 7 aromatic carbocycles. The van der Waals surface area contributed by atoms with Crippen LogP contribution in [0.3, 0.4) is 0 Å². The van der Waals surface area contributed by atoms with Gasteiger partial charge in [0.1, 0.15) is 11.5 Å². The van der Waals surface area contributed by atoms with E-state index in [2.05, 4.69) is 159 Å². The van der Waals surface area contributed by atoms with Gasteiger partial charge in [0.15, 0.2) is 0 Å². The largest absolute Gasteiger partial charge is 0.456 e. The second-order valence-electron chi connectivity index (χ2n) is 11.8. The summed E-state index contributed by atoms with van der Waals surface area (Å²) >= 11 is 0. The van der Waals surface area contributed by atoms with Gasteiger partial charge >= 0.3 is 0 Å². The van der Waals surface area contributed by atoms with Crippen molar-refractivity contribution in [2.45, 2.75) is 12.3 Å². The van der Waals surface area contributed by atoms with Gasteiger partial charge in [-0.3, -0.25) is 0 Å². The molecule has 0 fully saturated rings. The summed E-state index contributed by atoms with van der Waals surface area (Å²) in [6.07, 6.45) is 0. The lowest BCUT2D eigenvalue weighted by molar-refractivity contribution is 0.487. The zero-order valence-corrected chi connectivity index (χ0v) is 23.8. The molecule has 1 atom stereocenters. The van der Waals surface area contributed by atoms with E-state index in [0.29, 0.717) is 0 Å². The van der Waals surface area contributed by atoms with Gasteiger partial charge < -0.3 is 4.74 Å². The highest BCUT2D eigenvalue weighted by atomic mass is 16.5. The van der Waals surface area contributed by atoms with E-state index in [1.165, 1.54) is 66.4 Å². The maximum atomic E-state index is 6.37. The van der Waals surface area contributed by atoms with E-state index in [-0.39, 0.29) is 5.41 Å². The highest BCUT2D eigenvalue weighted by Gasteiger charge is 2.41. The summed E-state index contributed by atoms with van der Waals surface area (Å²) in [7, 11) is 0. The summed E-state index contributed by atoms with van der Waals surface area (Å²) in [5.41, 5.74) is 13.7. The molecule has 0 radical (unpaired) electrons. The Morgan fingerprint density at radius 2 is 1.12 bits per heavy atom. The van der Waals surface area contributed by atoms with Gasteiger partial charge in [-0.15, -0.1) is 0 Å². The summed E-state index contributed by atoms with van der Waals surface area (Å²) in [6, 6.07) is 55.0. The molecule has 0 aromatic heterocycles. The molecular weight excluding hydrogens is 520 g/mol. The monoisotopic (exact) mass is 548 g/mol. The third-order valence-electron chi connectivity index (χ3n) is 9.55. The molecule has 7 aromatic rings. The van der Waals surface area contributed by atoms with Gasteiger partial charge in [-0.25, -0.2) is 0 Å². The van der Waals surface area contributed by atoms with Crippen molar-refractivity contribution in [3.05, 3.63) is 168 Å². The number of hydrogen-bond donors (Lipinski definition) is 0. The predicted octanol–water partition coefficient (Wildman–Crippen LogP) is 11.3. The average Bonchev–Trinajstić information content (AvgIpc) is 3.34. The first-order valence-electron chi connectivity index (χ1n) is 14.9. The molecule has 1 nitrogen and oxygen atoms in total. The topological polar surface area (TPSA) is 9.23 Å². The minimum absolute atomic E-state index is 0.212. The third kappa shape index (κ3) is 3.46. The lowest BCUT2D eigenvalue weighted by Gasteiger charge is -2.28. The Morgan fingerprint density at radius 3 is 2.02 bits per heavy atom. The lowest BCUT2D eigenvalue weighted by atomic mass is 9.74. The molecule has 1 heterocycles. The van der Waals surface area contributed by atoms with Crippen molar-refractivity contribution in [2.24, 2.45) is 0 Å². The maximum Gasteiger partial charge on any atom is 0.135 e. The molecule has 0 spiro atoms. The molecule has 1 heteroatoms. The van der Waals surface area contributed by atoms with Crippen LogP contribution in [0.1, 0.15) is 23.6 Å². The molecule has 202 valence electrons. The van der Waals surface area contributed by atoms with E-state index in [0.717, 1.165) is 17.1 Å². The molecule has 0 saturated heterocycles. The smallest absolute Gasteiger partial charge is 0.135 e. The van der Waals surface area contributed by atoms with Crippen LogP contribution in [0, 0.1) is 0 Å². The van der Waals surface area contributed by atoms with Gasteiger partial charge in [-0.2, -0.15) is 0 Å². The summed E-state index contributed by atoms with van der Waals surface area (Å²) in [5, 5.41) is 2.39. The third-order valence-corrected chi connectivity index (χ3v) is 9.55. The van der Waals surface area contributed by atoms with Crippen LogP contribution in [0.15, 0.2) is 152 Å². The summed E-state index contributed by atoms with van der Waals surface area (Å²) in [4.78, 5) is 0. The Bertz CT molecular complexity index is 2220. The van der Waals surface area contributed by atoms with Crippen LogP contribution in [0.25, 0.3) is 55.3 Å². The van der Waals surface area contributed by atoms with Crippen molar-refractivity contribution in [1.82, 2.24) is 0 Å². The standard InChI is InChI=1S/C42H28O/c1-42(31-15-3-2-4-16-31)36-20-6-5-17-34(36)41-32(18-10-21-37(41)42)30-14-7-13-28(25-30)29-23-24-38-35(26-29)33-19-8-11-27-12-9-22-39(43-38)40(27)33/h2-26H,1H3. The Hall–Kier alpha value is -5.40. The van der Waals surface area contributed by atoms with Crippen molar-refractivity contribution in [3.63, 3.8) is 0 Å². The zero-order chi connectivity index (χ0) is 28.5. The highest BCUT2D eigenvalue weighted by Crippen LogP contribution is 2.55. The van der Waals surface area contributed by atoms with Gasteiger partial charge in [0.2, 0.25) is 0 Å². The minimum Gasteiger partial charge on any atom is -0.456 e. The van der Waals surface area contributed by atoms with Crippen LogP contribution >= 0.6 is 0 Å². The molecule has 0 saturated carbocycles. The van der Waals surface area contributed by atoms with E-state index < -0.39 is 0 Å². The predicted molar refractivity (Wildman–Crippen MR) is 178 cm³/mol. The number of benzene rings is 7. The molecule has 43 heavy (non-hydrogen) atoms. The van der Waals surface area contributed by atoms with Crippen LogP contribution in [0.2, 0.25) is 0 Å². The maximum absolute atomic E-state index is 6.37. The molecule has 2 aliphatic rings. The van der Waals surface area contributed by atoms with Crippen molar-refractivity contribution in [3.8, 4) is 56.0 Å². The van der Waals surface area contributed by atoms with Gasteiger partial charge in [-0.05, 0) is 92.2 Å². The molecule has 1 aliphatic heterocycles. The quantitative estimate of drug-likeness (QED) is 0.213. The summed E-state index contributed by atoms with van der Waals surface area (Å²) in [5.74, 6) is 1.83. The first-order valence-corrected chi connectivity index (χ1v) is 14.9. The van der Waals surface area contributed by atoms with E-state index >= 15 is 0 Å². The van der Waals surface area contributed by atoms with Crippen LogP contribution in [0.4, 0.5) is 0 Å². The SMILES string of the molecule is CC1(c2ccccc2)c2ccccc2-c2c(-c3cccc(-c4ccc5c(c4)-c4cccc6cccc(c46)O5)c3)cccc21. The van der Waals surface area contributed by atoms with Gasteiger partial charge in [0.25, 0.3) is 0 Å². The first-order chi connectivity index (χ1) is 21.2. The highest BCUT2D eigenvalue weighted by molar-refractivity contribution is 6.04. The Labute approximate surface area is 251 Å². The van der Waals surface area contributed by atoms with E-state index in [9.17, 15) is 0 Å². The van der Waals surface area contributed by atoms with E-state index in [1.807, 2.05) is 0 Å². The lowest BCUT2D eigenvalue weighted by Crippen LogP contribution is -2.22. The van der Waals surface area contributed by atoms with E-state index in [4.69, 9.17) is 4.74 Å². The van der Waals surface area contributed by atoms with Crippen LogP contribution < -0.4 is 4.74 Å². The van der Waals surface area contributed by atoms with Crippen molar-refractivity contribution >= 4 is 10.8 Å². The average molecular weight is 549 g/mol. The molecular formula is C42H28O. The van der Waals surface area contributed by atoms with Gasteiger partial charge in [-0.1, -0.05) is 127 Å². The van der Waals surface area contributed by atoms with Crippen LogP contribution in [-0.2, 0) is 5.41 Å². The molecule has 1 aliphatic carbocycles. The fraction of sp³-hybridized carbons (Fsp3) is 0.0476. The molecule has 0 amide bonds. The van der Waals surface area contributed by atoms with E-state index in [1.54, 1.807) is 0 Å². The minimum atomic E-state index is -0.212. The second-order valence-corrected chi connectivity index (χ2v) is 11.8. The Kier molecular flexibility index (Phi) is 5.10. The molecule has 1 unspecified atom stereocenters. The first kappa shape index (κ1) is 24.2. The summed E-state index contributed by atoms with van der Waals surface area (Å²) < 4.78 is 6.37. The van der Waals surface area contributed by atoms with Gasteiger partial charge in [0.05, 0.1) is 0 Å². The number of ether oxygens (including phenoxy) is 1. The molecule has 0 N–H and O–H groups in total. The summed E-state index contributed by atoms with van der Waals surface area (Å²) in [6.45, 7) is 2.38. The number of hydrogen-bond acceptors (Lipinski definition) is 1. The Morgan fingerprint density at radius 1 is 0.442 bits per heavy atom. The number of fused-ring (bicyclic) bond motifs is 5. The fourth-order valence-corrected chi connectivity index (χ4v) is 7.47. The van der Waals surface area contributed by atoms with Gasteiger partial charge in [0, 0.05) is 16.4 Å². The van der Waals surface area contributed by atoms with Crippen LogP contribution in [0.5, 0.6) is 11.5 Å². The fourth-order valence-electron chi connectivity index (χ4n) is 7.47. The van der Waals surface area contributed by atoms with Crippen molar-refractivity contribution < 1.29 is 4.74 Å². The van der Waals surface area contributed by atoms with Crippen molar-refractivity contribution in [2.75, 3.05) is 0 Å². The van der Waals surface area contributed by atoms with Crippen molar-refractivity contribution in [1.29, 1.82) is 0 Å². The van der Waals surface area contributed by atoms with Crippen LogP contribution in [-0.4, -0.2) is 0 Å². The Balaban J connectivity index is 1.20. The zero-order valence-electron chi connectivity index (χ0n) is 23.8. The molecule has 9 rings (SSSR count). The second kappa shape index (κ2) is 9.05. The normalized spacial score (nSPS) is 15.8. The number of rotatable bonds is 3. The molecule has 0 bridgehead atoms.